The van der Waals surface area contributed by atoms with Crippen molar-refractivity contribution >= 4 is 11.6 Å². The molecule has 14 heavy (non-hydrogen) atoms. The summed E-state index contributed by atoms with van der Waals surface area (Å²) in [6, 6.07) is 3.50. The molecule has 0 fully saturated rings. The smallest absolute Gasteiger partial charge is 0.161 e. The van der Waals surface area contributed by atoms with Gasteiger partial charge in [-0.3, -0.25) is 4.79 Å². The molecule has 0 aliphatic rings. The summed E-state index contributed by atoms with van der Waals surface area (Å²) in [7, 11) is 1.84. The van der Waals surface area contributed by atoms with Crippen LogP contribution in [0.3, 0.4) is 0 Å². The number of aromatic nitrogens is 1. The van der Waals surface area contributed by atoms with Gasteiger partial charge in [-0.05, 0) is 19.1 Å². The van der Waals surface area contributed by atoms with E-state index in [1.54, 1.807) is 18.3 Å². The summed E-state index contributed by atoms with van der Waals surface area (Å²) in [6.07, 6.45) is 1.55. The predicted octanol–water partition coefficient (Wildman–Crippen LogP) is 0.713. The van der Waals surface area contributed by atoms with Gasteiger partial charge in [-0.15, -0.1) is 0 Å². The van der Waals surface area contributed by atoms with Gasteiger partial charge in [0.1, 0.15) is 5.82 Å². The number of aliphatic hydroxyl groups excluding tert-OH is 1. The summed E-state index contributed by atoms with van der Waals surface area (Å²) >= 11 is 0. The van der Waals surface area contributed by atoms with Crippen molar-refractivity contribution in [3.05, 3.63) is 23.9 Å². The van der Waals surface area contributed by atoms with E-state index in [0.29, 0.717) is 12.1 Å². The van der Waals surface area contributed by atoms with Gasteiger partial charge in [0.2, 0.25) is 0 Å². The Morgan fingerprint density at radius 2 is 2.29 bits per heavy atom. The minimum atomic E-state index is 0.00820. The van der Waals surface area contributed by atoms with Crippen LogP contribution in [0.5, 0.6) is 0 Å². The number of anilines is 1. The average molecular weight is 194 g/mol. The van der Waals surface area contributed by atoms with Gasteiger partial charge in [0.25, 0.3) is 0 Å². The highest BCUT2D eigenvalue weighted by Gasteiger charge is 2.03. The first-order valence-electron chi connectivity index (χ1n) is 4.44. The summed E-state index contributed by atoms with van der Waals surface area (Å²) in [5, 5.41) is 8.72. The van der Waals surface area contributed by atoms with Crippen molar-refractivity contribution < 1.29 is 9.90 Å². The van der Waals surface area contributed by atoms with Crippen LogP contribution in [0.25, 0.3) is 0 Å². The van der Waals surface area contributed by atoms with E-state index in [1.165, 1.54) is 6.92 Å². The Labute approximate surface area is 83.2 Å². The fourth-order valence-corrected chi connectivity index (χ4v) is 1.08. The van der Waals surface area contributed by atoms with Crippen molar-refractivity contribution in [1.29, 1.82) is 0 Å². The van der Waals surface area contributed by atoms with E-state index in [1.807, 2.05) is 11.9 Å². The minimum absolute atomic E-state index is 0.00820. The maximum atomic E-state index is 11.0. The molecule has 0 atom stereocenters. The molecule has 1 N–H and O–H groups in total. The number of nitrogens with zero attached hydrogens (tertiary/aromatic N) is 2. The summed E-state index contributed by atoms with van der Waals surface area (Å²) in [4.78, 5) is 16.9. The molecule has 0 radical (unpaired) electrons. The second-order valence-corrected chi connectivity index (χ2v) is 3.11. The number of aliphatic hydroxyl groups is 1. The lowest BCUT2D eigenvalue weighted by molar-refractivity contribution is 0.101. The van der Waals surface area contributed by atoms with E-state index in [0.717, 1.165) is 5.82 Å². The normalized spacial score (nSPS) is 9.93. The van der Waals surface area contributed by atoms with Crippen LogP contribution in [-0.2, 0) is 0 Å². The number of hydrogen-bond acceptors (Lipinski definition) is 4. The molecule has 0 aliphatic heterocycles. The van der Waals surface area contributed by atoms with E-state index in [9.17, 15) is 4.79 Å². The first-order valence-corrected chi connectivity index (χ1v) is 4.44. The lowest BCUT2D eigenvalue weighted by atomic mass is 10.2. The van der Waals surface area contributed by atoms with E-state index in [-0.39, 0.29) is 12.4 Å². The van der Waals surface area contributed by atoms with Gasteiger partial charge in [-0.25, -0.2) is 4.98 Å². The summed E-state index contributed by atoms with van der Waals surface area (Å²) < 4.78 is 0. The van der Waals surface area contributed by atoms with E-state index in [4.69, 9.17) is 5.11 Å². The molecule has 76 valence electrons. The number of Topliss-reactive ketones (excluding diaryl/α,β-unsaturated/α-hetero) is 1. The molecular weight excluding hydrogens is 180 g/mol. The van der Waals surface area contributed by atoms with Crippen LogP contribution in [0.4, 0.5) is 5.82 Å². The van der Waals surface area contributed by atoms with Crippen molar-refractivity contribution in [2.45, 2.75) is 6.92 Å². The number of carbonyl (C=O) groups is 1. The topological polar surface area (TPSA) is 53.4 Å². The zero-order chi connectivity index (χ0) is 10.6. The molecule has 0 aliphatic carbocycles. The summed E-state index contributed by atoms with van der Waals surface area (Å²) in [6.45, 7) is 2.13. The summed E-state index contributed by atoms with van der Waals surface area (Å²) in [5.74, 6) is 0.762. The Balaban J connectivity index is 2.77. The van der Waals surface area contributed by atoms with Crippen molar-refractivity contribution in [3.63, 3.8) is 0 Å². The molecule has 0 amide bonds. The van der Waals surface area contributed by atoms with Crippen molar-refractivity contribution in [2.75, 3.05) is 25.1 Å². The van der Waals surface area contributed by atoms with Gasteiger partial charge >= 0.3 is 0 Å². The highest BCUT2D eigenvalue weighted by atomic mass is 16.3. The second-order valence-electron chi connectivity index (χ2n) is 3.11. The summed E-state index contributed by atoms with van der Waals surface area (Å²) in [5.41, 5.74) is 0.603. The number of carbonyl (C=O) groups excluding carboxylic acids is 1. The SMILES string of the molecule is CC(=O)c1ccc(N(C)CCO)nc1. The van der Waals surface area contributed by atoms with Crippen molar-refractivity contribution in [1.82, 2.24) is 4.98 Å². The van der Waals surface area contributed by atoms with Gasteiger partial charge in [0.05, 0.1) is 6.61 Å². The molecule has 1 aromatic heterocycles. The molecule has 0 bridgehead atoms. The minimum Gasteiger partial charge on any atom is -0.395 e. The molecule has 4 nitrogen and oxygen atoms in total. The van der Waals surface area contributed by atoms with Crippen LogP contribution in [0.1, 0.15) is 17.3 Å². The van der Waals surface area contributed by atoms with Gasteiger partial charge in [0, 0.05) is 25.4 Å². The largest absolute Gasteiger partial charge is 0.395 e. The number of rotatable bonds is 4. The molecule has 0 spiro atoms. The van der Waals surface area contributed by atoms with Crippen LogP contribution in [-0.4, -0.2) is 36.1 Å². The third-order valence-corrected chi connectivity index (χ3v) is 1.98. The molecular formula is C10H14N2O2. The Morgan fingerprint density at radius 3 is 2.71 bits per heavy atom. The fraction of sp³-hybridized carbons (Fsp3) is 0.400. The van der Waals surface area contributed by atoms with Crippen molar-refractivity contribution in [2.24, 2.45) is 0 Å². The molecule has 1 aromatic rings. The fourth-order valence-electron chi connectivity index (χ4n) is 1.08. The molecule has 0 saturated carbocycles. The third kappa shape index (κ3) is 2.53. The zero-order valence-electron chi connectivity index (χ0n) is 8.40. The monoisotopic (exact) mass is 194 g/mol. The number of ketones is 1. The third-order valence-electron chi connectivity index (χ3n) is 1.98. The van der Waals surface area contributed by atoms with Crippen LogP contribution in [0.2, 0.25) is 0 Å². The van der Waals surface area contributed by atoms with Crippen molar-refractivity contribution in [3.8, 4) is 0 Å². The first-order chi connectivity index (χ1) is 6.65. The van der Waals surface area contributed by atoms with Gasteiger partial charge in [-0.2, -0.15) is 0 Å². The molecule has 1 rings (SSSR count). The van der Waals surface area contributed by atoms with E-state index in [2.05, 4.69) is 4.98 Å². The zero-order valence-corrected chi connectivity index (χ0v) is 8.40. The standard InChI is InChI=1S/C10H14N2O2/c1-8(14)9-3-4-10(11-7-9)12(2)5-6-13/h3-4,7,13H,5-6H2,1-2H3. The van der Waals surface area contributed by atoms with Crippen LogP contribution in [0.15, 0.2) is 18.3 Å². The maximum absolute atomic E-state index is 11.0. The van der Waals surface area contributed by atoms with Crippen LogP contribution >= 0.6 is 0 Å². The predicted molar refractivity (Wildman–Crippen MR) is 54.6 cm³/mol. The Kier molecular flexibility index (Phi) is 3.59. The van der Waals surface area contributed by atoms with E-state index >= 15 is 0 Å². The second kappa shape index (κ2) is 4.72. The van der Waals surface area contributed by atoms with Crippen LogP contribution in [0, 0.1) is 0 Å². The van der Waals surface area contributed by atoms with Gasteiger partial charge in [-0.1, -0.05) is 0 Å². The number of likely N-dealkylation sites (N-methyl/N-ethyl adjacent to an activating group) is 1. The lowest BCUT2D eigenvalue weighted by Gasteiger charge is -2.16. The maximum Gasteiger partial charge on any atom is 0.161 e. The van der Waals surface area contributed by atoms with Gasteiger partial charge < -0.3 is 10.0 Å². The molecule has 0 saturated heterocycles. The van der Waals surface area contributed by atoms with E-state index < -0.39 is 0 Å². The van der Waals surface area contributed by atoms with Gasteiger partial charge in [0.15, 0.2) is 5.78 Å². The quantitative estimate of drug-likeness (QED) is 0.717. The highest BCUT2D eigenvalue weighted by molar-refractivity contribution is 5.93. The Morgan fingerprint density at radius 1 is 1.57 bits per heavy atom. The average Bonchev–Trinajstić information content (AvgIpc) is 2.18. The molecule has 1 heterocycles. The molecule has 0 unspecified atom stereocenters. The van der Waals surface area contributed by atoms with Crippen LogP contribution < -0.4 is 4.90 Å². The Hall–Kier alpha value is -1.42. The number of pyridine rings is 1. The Bertz CT molecular complexity index is 308. The molecule has 0 aromatic carbocycles. The lowest BCUT2D eigenvalue weighted by Crippen LogP contribution is -2.22. The number of hydrogen-bond donors (Lipinski definition) is 1. The first kappa shape index (κ1) is 10.7. The highest BCUT2D eigenvalue weighted by Crippen LogP contribution is 2.09. The molecule has 4 heteroatoms.